The molecule has 2 rings (SSSR count). The van der Waals surface area contributed by atoms with Gasteiger partial charge in [-0.2, -0.15) is 0 Å². The van der Waals surface area contributed by atoms with Gasteiger partial charge in [0, 0.05) is 11.2 Å². The second-order valence-corrected chi connectivity index (χ2v) is 2.38. The summed E-state index contributed by atoms with van der Waals surface area (Å²) in [6.45, 7) is 3.80. The molecule has 0 spiro atoms. The molecule has 0 atom stereocenters. The monoisotopic (exact) mass is 130 g/mol. The highest BCUT2D eigenvalue weighted by Crippen LogP contribution is 2.12. The summed E-state index contributed by atoms with van der Waals surface area (Å²) in [5, 5.41) is 1.23. The van der Waals surface area contributed by atoms with Crippen molar-refractivity contribution < 1.29 is 0 Å². The number of aromatic nitrogens is 1. The van der Waals surface area contributed by atoms with Crippen molar-refractivity contribution in [2.24, 2.45) is 0 Å². The van der Waals surface area contributed by atoms with Crippen LogP contribution in [0.15, 0.2) is 30.3 Å². The molecule has 1 heteroatoms. The summed E-state index contributed by atoms with van der Waals surface area (Å²) in [4.78, 5) is 3.15. The van der Waals surface area contributed by atoms with Gasteiger partial charge >= 0.3 is 0 Å². The lowest BCUT2D eigenvalue weighted by molar-refractivity contribution is 1.40. The van der Waals surface area contributed by atoms with Gasteiger partial charge in [0.05, 0.1) is 0 Å². The van der Waals surface area contributed by atoms with Gasteiger partial charge in [-0.3, -0.25) is 0 Å². The number of benzene rings is 1. The zero-order chi connectivity index (χ0) is 6.97. The molecule has 49 valence electrons. The maximum atomic E-state index is 3.80. The maximum absolute atomic E-state index is 3.80. The number of H-pyrrole nitrogens is 1. The quantitative estimate of drug-likeness (QED) is 0.563. The summed E-state index contributed by atoms with van der Waals surface area (Å²) in [5.74, 6) is 0. The van der Waals surface area contributed by atoms with Crippen LogP contribution in [-0.4, -0.2) is 4.98 Å². The van der Waals surface area contributed by atoms with E-state index in [9.17, 15) is 0 Å². The highest BCUT2D eigenvalue weighted by molar-refractivity contribution is 5.80. The van der Waals surface area contributed by atoms with Crippen LogP contribution in [0, 0.1) is 6.92 Å². The van der Waals surface area contributed by atoms with Gasteiger partial charge in [0.15, 0.2) is 0 Å². The highest BCUT2D eigenvalue weighted by Gasteiger charge is 1.92. The summed E-state index contributed by atoms with van der Waals surface area (Å²) in [6, 6.07) is 10.2. The van der Waals surface area contributed by atoms with Crippen molar-refractivity contribution in [3.63, 3.8) is 0 Å². The summed E-state index contributed by atoms with van der Waals surface area (Å²) in [5.41, 5.74) is 2.13. The van der Waals surface area contributed by atoms with Crippen molar-refractivity contribution in [1.29, 1.82) is 0 Å². The Balaban J connectivity index is 2.88. The van der Waals surface area contributed by atoms with Crippen molar-refractivity contribution in [2.45, 2.75) is 0 Å². The van der Waals surface area contributed by atoms with E-state index in [0.29, 0.717) is 0 Å². The van der Waals surface area contributed by atoms with Crippen LogP contribution >= 0.6 is 0 Å². The molecule has 0 aliphatic carbocycles. The van der Waals surface area contributed by atoms with Gasteiger partial charge < -0.3 is 4.98 Å². The summed E-state index contributed by atoms with van der Waals surface area (Å²) >= 11 is 0. The van der Waals surface area contributed by atoms with Crippen LogP contribution in [0.1, 0.15) is 5.69 Å². The molecule has 2 aromatic rings. The minimum Gasteiger partial charge on any atom is -0.358 e. The minimum absolute atomic E-state index is 0.973. The maximum Gasteiger partial charge on any atom is 0.0456 e. The van der Waals surface area contributed by atoms with Crippen molar-refractivity contribution in [3.8, 4) is 0 Å². The highest BCUT2D eigenvalue weighted by atomic mass is 14.7. The Kier molecular flexibility index (Phi) is 1.04. The lowest BCUT2D eigenvalue weighted by Gasteiger charge is -1.83. The standard InChI is InChI=1S/C9H8N/c1-7-6-8-4-2-3-5-9(8)10-7/h2-6,10H,1H2. The average Bonchev–Trinajstić information content (AvgIpc) is 2.27. The third kappa shape index (κ3) is 0.711. The fourth-order valence-electron chi connectivity index (χ4n) is 1.13. The van der Waals surface area contributed by atoms with E-state index < -0.39 is 0 Å². The molecule has 0 saturated carbocycles. The van der Waals surface area contributed by atoms with E-state index in [4.69, 9.17) is 0 Å². The third-order valence-corrected chi connectivity index (χ3v) is 1.59. The minimum atomic E-state index is 0.973. The Bertz CT molecular complexity index is 313. The van der Waals surface area contributed by atoms with Crippen LogP contribution < -0.4 is 0 Å². The van der Waals surface area contributed by atoms with E-state index in [2.05, 4.69) is 18.0 Å². The molecule has 1 nitrogen and oxygen atoms in total. The van der Waals surface area contributed by atoms with Gasteiger partial charge in [-0.25, -0.2) is 0 Å². The zero-order valence-electron chi connectivity index (χ0n) is 5.59. The molecule has 1 aromatic carbocycles. The van der Waals surface area contributed by atoms with Crippen molar-refractivity contribution in [2.75, 3.05) is 0 Å². The molecule has 0 aliphatic rings. The fourth-order valence-corrected chi connectivity index (χ4v) is 1.13. The number of fused-ring (bicyclic) bond motifs is 1. The Labute approximate surface area is 59.7 Å². The molecule has 0 saturated heterocycles. The fraction of sp³-hybridized carbons (Fsp3) is 0. The van der Waals surface area contributed by atoms with E-state index >= 15 is 0 Å². The molecule has 0 aliphatic heterocycles. The van der Waals surface area contributed by atoms with Crippen LogP contribution in [0.3, 0.4) is 0 Å². The van der Waals surface area contributed by atoms with Gasteiger partial charge in [-0.15, -0.1) is 0 Å². The lowest BCUT2D eigenvalue weighted by Crippen LogP contribution is -1.65. The SMILES string of the molecule is [CH2]c1cc2ccccc2[nH]1. The molecule has 10 heavy (non-hydrogen) atoms. The lowest BCUT2D eigenvalue weighted by atomic mass is 10.2. The number of para-hydroxylation sites is 1. The molecule has 0 bridgehead atoms. The Morgan fingerprint density at radius 1 is 1.20 bits per heavy atom. The first-order chi connectivity index (χ1) is 4.86. The van der Waals surface area contributed by atoms with Crippen LogP contribution in [-0.2, 0) is 0 Å². The topological polar surface area (TPSA) is 15.8 Å². The molecular formula is C9H8N. The van der Waals surface area contributed by atoms with Crippen molar-refractivity contribution >= 4 is 10.9 Å². The van der Waals surface area contributed by atoms with Crippen LogP contribution in [0.5, 0.6) is 0 Å². The molecule has 1 aromatic heterocycles. The first-order valence-electron chi connectivity index (χ1n) is 3.26. The molecule has 0 amide bonds. The first kappa shape index (κ1) is 5.54. The Morgan fingerprint density at radius 2 is 2.00 bits per heavy atom. The predicted octanol–water partition coefficient (Wildman–Crippen LogP) is 2.35. The Hall–Kier alpha value is -1.24. The molecular weight excluding hydrogens is 122 g/mol. The average molecular weight is 130 g/mol. The van der Waals surface area contributed by atoms with Gasteiger partial charge in [-0.1, -0.05) is 18.2 Å². The second kappa shape index (κ2) is 1.87. The molecule has 1 heterocycles. The Morgan fingerprint density at radius 3 is 2.80 bits per heavy atom. The normalized spacial score (nSPS) is 10.5. The van der Waals surface area contributed by atoms with Gasteiger partial charge in [0.2, 0.25) is 0 Å². The molecule has 1 N–H and O–H groups in total. The first-order valence-corrected chi connectivity index (χ1v) is 3.26. The van der Waals surface area contributed by atoms with Crippen molar-refractivity contribution in [3.05, 3.63) is 42.9 Å². The van der Waals surface area contributed by atoms with Gasteiger partial charge in [0.25, 0.3) is 0 Å². The van der Waals surface area contributed by atoms with Crippen molar-refractivity contribution in [1.82, 2.24) is 4.98 Å². The van der Waals surface area contributed by atoms with E-state index in [1.54, 1.807) is 0 Å². The van der Waals surface area contributed by atoms with E-state index in [-0.39, 0.29) is 0 Å². The van der Waals surface area contributed by atoms with E-state index in [1.165, 1.54) is 5.39 Å². The molecule has 0 unspecified atom stereocenters. The van der Waals surface area contributed by atoms with Crippen LogP contribution in [0.2, 0.25) is 0 Å². The largest absolute Gasteiger partial charge is 0.358 e. The van der Waals surface area contributed by atoms with Crippen LogP contribution in [0.4, 0.5) is 0 Å². The molecule has 0 fully saturated rings. The van der Waals surface area contributed by atoms with Crippen LogP contribution in [0.25, 0.3) is 10.9 Å². The zero-order valence-corrected chi connectivity index (χ0v) is 5.59. The number of rotatable bonds is 0. The summed E-state index contributed by atoms with van der Waals surface area (Å²) in [6.07, 6.45) is 0. The number of hydrogen-bond donors (Lipinski definition) is 1. The smallest absolute Gasteiger partial charge is 0.0456 e. The second-order valence-electron chi connectivity index (χ2n) is 2.38. The molecule has 1 radical (unpaired) electrons. The van der Waals surface area contributed by atoms with Gasteiger partial charge in [0.1, 0.15) is 0 Å². The number of aromatic amines is 1. The van der Waals surface area contributed by atoms with E-state index in [1.807, 2.05) is 24.3 Å². The third-order valence-electron chi connectivity index (χ3n) is 1.59. The number of nitrogens with one attached hydrogen (secondary N) is 1. The summed E-state index contributed by atoms with van der Waals surface area (Å²) in [7, 11) is 0. The van der Waals surface area contributed by atoms with Gasteiger partial charge in [-0.05, 0) is 24.4 Å². The van der Waals surface area contributed by atoms with E-state index in [0.717, 1.165) is 11.2 Å². The predicted molar refractivity (Wildman–Crippen MR) is 42.8 cm³/mol. The summed E-state index contributed by atoms with van der Waals surface area (Å²) < 4.78 is 0. The number of hydrogen-bond acceptors (Lipinski definition) is 0.